The molecular formula is C18H26ClN3O2. The third-order valence-corrected chi connectivity index (χ3v) is 4.75. The molecule has 0 radical (unpaired) electrons. The average Bonchev–Trinajstić information content (AvgIpc) is 2.58. The van der Waals surface area contributed by atoms with Crippen molar-refractivity contribution >= 4 is 23.4 Å². The van der Waals surface area contributed by atoms with Gasteiger partial charge in [-0.2, -0.15) is 0 Å². The van der Waals surface area contributed by atoms with Crippen LogP contribution in [0.15, 0.2) is 24.3 Å². The third kappa shape index (κ3) is 6.13. The van der Waals surface area contributed by atoms with Gasteiger partial charge in [0.2, 0.25) is 5.91 Å². The van der Waals surface area contributed by atoms with Gasteiger partial charge in [-0.3, -0.25) is 9.59 Å². The second-order valence-electron chi connectivity index (χ2n) is 6.70. The lowest BCUT2D eigenvalue weighted by Crippen LogP contribution is -2.43. The molecule has 1 aromatic rings. The maximum Gasteiger partial charge on any atom is 0.251 e. The number of rotatable bonds is 7. The molecule has 5 nitrogen and oxygen atoms in total. The Morgan fingerprint density at radius 2 is 1.83 bits per heavy atom. The van der Waals surface area contributed by atoms with E-state index in [1.54, 1.807) is 24.3 Å². The highest BCUT2D eigenvalue weighted by Gasteiger charge is 2.26. The van der Waals surface area contributed by atoms with Crippen molar-refractivity contribution in [2.24, 2.45) is 5.41 Å². The molecule has 2 rings (SSSR count). The van der Waals surface area contributed by atoms with Crippen LogP contribution in [-0.4, -0.2) is 38.0 Å². The van der Waals surface area contributed by atoms with Gasteiger partial charge in [-0.15, -0.1) is 0 Å². The summed E-state index contributed by atoms with van der Waals surface area (Å²) in [6.45, 7) is 5.47. The Morgan fingerprint density at radius 3 is 2.50 bits per heavy atom. The van der Waals surface area contributed by atoms with Gasteiger partial charge in [0.05, 0.1) is 0 Å². The predicted molar refractivity (Wildman–Crippen MR) is 96.2 cm³/mol. The zero-order valence-corrected chi connectivity index (χ0v) is 14.9. The van der Waals surface area contributed by atoms with Gasteiger partial charge in [0, 0.05) is 30.1 Å². The zero-order valence-electron chi connectivity index (χ0n) is 14.2. The monoisotopic (exact) mass is 351 g/mol. The van der Waals surface area contributed by atoms with Crippen LogP contribution < -0.4 is 16.0 Å². The molecule has 1 saturated heterocycles. The molecule has 0 spiro atoms. The van der Waals surface area contributed by atoms with Crippen molar-refractivity contribution in [1.29, 1.82) is 0 Å². The first-order valence-corrected chi connectivity index (χ1v) is 8.87. The summed E-state index contributed by atoms with van der Waals surface area (Å²) in [4.78, 5) is 23.8. The minimum atomic E-state index is -0.144. The number of amides is 2. The van der Waals surface area contributed by atoms with Crippen LogP contribution in [0, 0.1) is 5.41 Å². The molecule has 6 heteroatoms. The van der Waals surface area contributed by atoms with Crippen molar-refractivity contribution in [1.82, 2.24) is 16.0 Å². The van der Waals surface area contributed by atoms with E-state index in [-0.39, 0.29) is 17.2 Å². The molecule has 0 aliphatic carbocycles. The van der Waals surface area contributed by atoms with Crippen LogP contribution in [-0.2, 0) is 4.79 Å². The van der Waals surface area contributed by atoms with Crippen molar-refractivity contribution in [2.45, 2.75) is 32.6 Å². The standard InChI is InChI=1S/C18H26ClN3O2/c1-18(8-11-20-12-9-18)13-22-16(23)3-2-10-21-17(24)14-4-6-15(19)7-5-14/h4-7,20H,2-3,8-13H2,1H3,(H,21,24)(H,22,23). The highest BCUT2D eigenvalue weighted by molar-refractivity contribution is 6.30. The van der Waals surface area contributed by atoms with Gasteiger partial charge in [0.1, 0.15) is 0 Å². The first-order chi connectivity index (χ1) is 11.5. The summed E-state index contributed by atoms with van der Waals surface area (Å²) in [6.07, 6.45) is 3.23. The Morgan fingerprint density at radius 1 is 1.17 bits per heavy atom. The summed E-state index contributed by atoms with van der Waals surface area (Å²) >= 11 is 5.79. The number of nitrogens with one attached hydrogen (secondary N) is 3. The molecule has 132 valence electrons. The Hall–Kier alpha value is -1.59. The molecule has 0 saturated carbocycles. The lowest BCUT2D eigenvalue weighted by atomic mass is 9.81. The fraction of sp³-hybridized carbons (Fsp3) is 0.556. The molecule has 0 aromatic heterocycles. The normalized spacial score (nSPS) is 16.4. The molecule has 3 N–H and O–H groups in total. The highest BCUT2D eigenvalue weighted by atomic mass is 35.5. The summed E-state index contributed by atoms with van der Waals surface area (Å²) in [7, 11) is 0. The van der Waals surface area contributed by atoms with Gasteiger partial charge < -0.3 is 16.0 Å². The van der Waals surface area contributed by atoms with Crippen molar-refractivity contribution in [2.75, 3.05) is 26.2 Å². The van der Waals surface area contributed by atoms with Gasteiger partial charge in [0.25, 0.3) is 5.91 Å². The van der Waals surface area contributed by atoms with E-state index in [0.29, 0.717) is 30.0 Å². The number of benzene rings is 1. The van der Waals surface area contributed by atoms with E-state index >= 15 is 0 Å². The fourth-order valence-electron chi connectivity index (χ4n) is 2.76. The summed E-state index contributed by atoms with van der Waals surface area (Å²) in [5.41, 5.74) is 0.770. The second-order valence-corrected chi connectivity index (χ2v) is 7.14. The van der Waals surface area contributed by atoms with Crippen LogP contribution in [0.25, 0.3) is 0 Å². The van der Waals surface area contributed by atoms with Crippen molar-refractivity contribution in [3.8, 4) is 0 Å². The molecule has 0 bridgehead atoms. The summed E-state index contributed by atoms with van der Waals surface area (Å²) in [5.74, 6) is -0.0928. The molecule has 0 unspecified atom stereocenters. The van der Waals surface area contributed by atoms with E-state index in [1.807, 2.05) is 0 Å². The number of carbonyl (C=O) groups excluding carboxylic acids is 2. The first-order valence-electron chi connectivity index (χ1n) is 8.50. The second kappa shape index (κ2) is 9.04. The van der Waals surface area contributed by atoms with Crippen molar-refractivity contribution in [3.63, 3.8) is 0 Å². The van der Waals surface area contributed by atoms with Crippen molar-refractivity contribution < 1.29 is 9.59 Å². The Kier molecular flexibility index (Phi) is 7.06. The van der Waals surface area contributed by atoms with Crippen LogP contribution in [0.3, 0.4) is 0 Å². The molecule has 0 atom stereocenters. The topological polar surface area (TPSA) is 70.2 Å². The molecule has 24 heavy (non-hydrogen) atoms. The zero-order chi connectivity index (χ0) is 17.4. The van der Waals surface area contributed by atoms with Crippen LogP contribution in [0.4, 0.5) is 0 Å². The van der Waals surface area contributed by atoms with Crippen LogP contribution in [0.2, 0.25) is 5.02 Å². The lowest BCUT2D eigenvalue weighted by Gasteiger charge is -2.34. The van der Waals surface area contributed by atoms with Gasteiger partial charge in [-0.25, -0.2) is 0 Å². The van der Waals surface area contributed by atoms with E-state index in [1.165, 1.54) is 0 Å². The minimum absolute atomic E-state index is 0.0514. The van der Waals surface area contributed by atoms with Crippen LogP contribution >= 0.6 is 11.6 Å². The Balaban J connectivity index is 1.60. The molecular weight excluding hydrogens is 326 g/mol. The van der Waals surface area contributed by atoms with Gasteiger partial charge in [-0.1, -0.05) is 18.5 Å². The van der Waals surface area contributed by atoms with Gasteiger partial charge in [-0.05, 0) is 62.0 Å². The maximum absolute atomic E-state index is 11.9. The van der Waals surface area contributed by atoms with E-state index in [4.69, 9.17) is 11.6 Å². The largest absolute Gasteiger partial charge is 0.356 e. The molecule has 1 aromatic carbocycles. The third-order valence-electron chi connectivity index (χ3n) is 4.50. The Bertz CT molecular complexity index is 554. The number of carbonyl (C=O) groups is 2. The summed E-state index contributed by atoms with van der Waals surface area (Å²) < 4.78 is 0. The van der Waals surface area contributed by atoms with Gasteiger partial charge >= 0.3 is 0 Å². The smallest absolute Gasteiger partial charge is 0.251 e. The molecule has 1 aliphatic heterocycles. The van der Waals surface area contributed by atoms with Crippen molar-refractivity contribution in [3.05, 3.63) is 34.9 Å². The van der Waals surface area contributed by atoms with Crippen LogP contribution in [0.5, 0.6) is 0 Å². The van der Waals surface area contributed by atoms with Crippen LogP contribution in [0.1, 0.15) is 43.0 Å². The average molecular weight is 352 g/mol. The SMILES string of the molecule is CC1(CNC(=O)CCCNC(=O)c2ccc(Cl)cc2)CCNCC1. The molecule has 2 amide bonds. The van der Waals surface area contributed by atoms with Gasteiger partial charge in [0.15, 0.2) is 0 Å². The maximum atomic E-state index is 11.9. The summed E-state index contributed by atoms with van der Waals surface area (Å²) in [5, 5.41) is 9.78. The first kappa shape index (κ1) is 18.7. The predicted octanol–water partition coefficient (Wildman–Crippen LogP) is 2.36. The van der Waals surface area contributed by atoms with E-state index in [0.717, 1.165) is 32.5 Å². The van der Waals surface area contributed by atoms with E-state index in [9.17, 15) is 9.59 Å². The number of hydrogen-bond donors (Lipinski definition) is 3. The molecule has 1 aliphatic rings. The highest BCUT2D eigenvalue weighted by Crippen LogP contribution is 2.26. The fourth-order valence-corrected chi connectivity index (χ4v) is 2.89. The number of piperidine rings is 1. The summed E-state index contributed by atoms with van der Waals surface area (Å²) in [6, 6.07) is 6.74. The van der Waals surface area contributed by atoms with E-state index < -0.39 is 0 Å². The quantitative estimate of drug-likeness (QED) is 0.660. The minimum Gasteiger partial charge on any atom is -0.356 e. The Labute approximate surface area is 148 Å². The molecule has 1 heterocycles. The van der Waals surface area contributed by atoms with E-state index in [2.05, 4.69) is 22.9 Å². The molecule has 1 fully saturated rings. The lowest BCUT2D eigenvalue weighted by molar-refractivity contribution is -0.121. The number of hydrogen-bond acceptors (Lipinski definition) is 3. The number of halogens is 1.